The van der Waals surface area contributed by atoms with E-state index in [4.69, 9.17) is 0 Å². The summed E-state index contributed by atoms with van der Waals surface area (Å²) < 4.78 is 2.12. The second-order valence-corrected chi connectivity index (χ2v) is 3.30. The van der Waals surface area contributed by atoms with Gasteiger partial charge in [-0.3, -0.25) is 4.58 Å². The fourth-order valence-corrected chi connectivity index (χ4v) is 1.12. The first-order valence-electron chi connectivity index (χ1n) is 5.70. The number of aliphatic imine (C=N–C) groups is 1. The van der Waals surface area contributed by atoms with Gasteiger partial charge in [-0.15, -0.1) is 0 Å². The Balaban J connectivity index is 0.000000921. The smallest absolute Gasteiger partial charge is 0.267 e. The highest BCUT2D eigenvalue weighted by molar-refractivity contribution is 5.96. The first-order valence-corrected chi connectivity index (χ1v) is 5.70. The van der Waals surface area contributed by atoms with Crippen LogP contribution >= 0.6 is 0 Å². The highest BCUT2D eigenvalue weighted by atomic mass is 15.0. The van der Waals surface area contributed by atoms with E-state index in [0.29, 0.717) is 0 Å². The van der Waals surface area contributed by atoms with Gasteiger partial charge in [0.2, 0.25) is 0 Å². The van der Waals surface area contributed by atoms with Crippen molar-refractivity contribution in [2.75, 3.05) is 13.6 Å². The summed E-state index contributed by atoms with van der Waals surface area (Å²) in [4.78, 5) is 4.30. The predicted molar refractivity (Wildman–Crippen MR) is 69.1 cm³/mol. The molecule has 0 saturated carbocycles. The molecular weight excluding hydrogens is 184 g/mol. The zero-order valence-corrected chi connectivity index (χ0v) is 10.4. The Labute approximate surface area is 93.7 Å². The highest BCUT2D eigenvalue weighted by Crippen LogP contribution is 1.93. The van der Waals surface area contributed by atoms with Crippen LogP contribution in [-0.2, 0) is 0 Å². The normalized spacial score (nSPS) is 21.1. The Hall–Kier alpha value is -1.18. The molecule has 1 heterocycles. The van der Waals surface area contributed by atoms with Crippen LogP contribution in [0.1, 0.15) is 33.6 Å². The van der Waals surface area contributed by atoms with Crippen molar-refractivity contribution in [2.45, 2.75) is 33.6 Å². The van der Waals surface area contributed by atoms with Crippen LogP contribution in [0.5, 0.6) is 0 Å². The molecule has 0 aliphatic carbocycles. The van der Waals surface area contributed by atoms with E-state index in [1.54, 1.807) is 0 Å². The molecule has 0 atom stereocenters. The van der Waals surface area contributed by atoms with Crippen molar-refractivity contribution in [3.05, 3.63) is 24.3 Å². The molecule has 0 aromatic heterocycles. The van der Waals surface area contributed by atoms with Gasteiger partial charge in [0.25, 0.3) is 6.34 Å². The fourth-order valence-electron chi connectivity index (χ4n) is 1.12. The average Bonchev–Trinajstić information content (AvgIpc) is 2.30. The molecule has 0 fully saturated rings. The molecule has 1 aliphatic heterocycles. The van der Waals surface area contributed by atoms with Crippen molar-refractivity contribution in [1.29, 1.82) is 0 Å². The van der Waals surface area contributed by atoms with Gasteiger partial charge in [-0.2, -0.15) is 0 Å². The van der Waals surface area contributed by atoms with E-state index in [-0.39, 0.29) is 0 Å². The Morgan fingerprint density at radius 1 is 1.27 bits per heavy atom. The maximum Gasteiger partial charge on any atom is 0.281 e. The molecule has 84 valence electrons. The van der Waals surface area contributed by atoms with Crippen molar-refractivity contribution in [1.82, 2.24) is 0 Å². The van der Waals surface area contributed by atoms with E-state index in [1.165, 1.54) is 6.42 Å². The molecular formula is C13H23N2+. The van der Waals surface area contributed by atoms with E-state index in [0.717, 1.165) is 18.7 Å². The van der Waals surface area contributed by atoms with Crippen molar-refractivity contribution < 1.29 is 4.58 Å². The summed E-state index contributed by atoms with van der Waals surface area (Å²) in [6.45, 7) is 7.08. The molecule has 2 nitrogen and oxygen atoms in total. The Kier molecular flexibility index (Phi) is 8.64. The van der Waals surface area contributed by atoms with E-state index >= 15 is 0 Å². The lowest BCUT2D eigenvalue weighted by molar-refractivity contribution is -0.493. The lowest BCUT2D eigenvalue weighted by Crippen LogP contribution is -2.08. The minimum Gasteiger partial charge on any atom is -0.267 e. The maximum atomic E-state index is 4.30. The monoisotopic (exact) mass is 207 g/mol. The van der Waals surface area contributed by atoms with Crippen LogP contribution in [0.4, 0.5) is 0 Å². The summed E-state index contributed by atoms with van der Waals surface area (Å²) in [5, 5.41) is 0. The zero-order valence-electron chi connectivity index (χ0n) is 10.4. The number of nitrogens with zero attached hydrogens (tertiary/aromatic N) is 2. The first-order chi connectivity index (χ1) is 7.29. The number of allylic oxidation sites excluding steroid dienone is 4. The average molecular weight is 207 g/mol. The van der Waals surface area contributed by atoms with Crippen LogP contribution in [0.15, 0.2) is 29.3 Å². The molecule has 2 heteroatoms. The van der Waals surface area contributed by atoms with Crippen LogP contribution in [0.3, 0.4) is 0 Å². The van der Waals surface area contributed by atoms with Crippen LogP contribution in [0.2, 0.25) is 0 Å². The van der Waals surface area contributed by atoms with Gasteiger partial charge in [-0.05, 0) is 18.9 Å². The molecule has 1 aliphatic rings. The number of hydrogen-bond donors (Lipinski definition) is 0. The molecule has 0 bridgehead atoms. The van der Waals surface area contributed by atoms with Crippen molar-refractivity contribution in [3.63, 3.8) is 0 Å². The molecule has 0 unspecified atom stereocenters. The molecule has 0 saturated heterocycles. The van der Waals surface area contributed by atoms with E-state index in [1.807, 2.05) is 39.3 Å². The number of rotatable bonds is 0. The molecule has 0 amide bonds. The topological polar surface area (TPSA) is 15.4 Å². The van der Waals surface area contributed by atoms with Crippen LogP contribution in [-0.4, -0.2) is 30.2 Å². The Bertz CT molecular complexity index is 270. The first kappa shape index (κ1) is 13.8. The summed E-state index contributed by atoms with van der Waals surface area (Å²) in [7, 11) is 2.06. The predicted octanol–water partition coefficient (Wildman–Crippen LogP) is 3.05. The van der Waals surface area contributed by atoms with Gasteiger partial charge in [-0.1, -0.05) is 37.1 Å². The van der Waals surface area contributed by atoms with Gasteiger partial charge >= 0.3 is 0 Å². The van der Waals surface area contributed by atoms with Crippen LogP contribution in [0.25, 0.3) is 0 Å². The van der Waals surface area contributed by atoms with E-state index < -0.39 is 0 Å². The minimum absolute atomic E-state index is 1.04. The minimum atomic E-state index is 1.04. The molecule has 0 spiro atoms. The third-order valence-corrected chi connectivity index (χ3v) is 1.92. The van der Waals surface area contributed by atoms with Crippen molar-refractivity contribution in [2.24, 2.45) is 4.99 Å². The lowest BCUT2D eigenvalue weighted by Gasteiger charge is -1.95. The lowest BCUT2D eigenvalue weighted by atomic mass is 10.2. The van der Waals surface area contributed by atoms with E-state index in [2.05, 4.69) is 28.8 Å². The second kappa shape index (κ2) is 9.38. The summed E-state index contributed by atoms with van der Waals surface area (Å²) in [6.07, 6.45) is 12.6. The zero-order chi connectivity index (χ0) is 11.5. The molecule has 0 aromatic carbocycles. The quantitative estimate of drug-likeness (QED) is 0.543. The van der Waals surface area contributed by atoms with Crippen molar-refractivity contribution >= 4 is 12.1 Å². The summed E-state index contributed by atoms with van der Waals surface area (Å²) in [6, 6.07) is 0. The van der Waals surface area contributed by atoms with Gasteiger partial charge in [0.05, 0.1) is 13.6 Å². The van der Waals surface area contributed by atoms with E-state index in [9.17, 15) is 0 Å². The summed E-state index contributed by atoms with van der Waals surface area (Å²) in [5.41, 5.74) is 1.04. The SMILES string of the molecule is CC.CC1=NC=[N+](C)CCC/C=C\C=C/1. The largest absolute Gasteiger partial charge is 0.281 e. The molecule has 0 radical (unpaired) electrons. The third kappa shape index (κ3) is 7.86. The van der Waals surface area contributed by atoms with Crippen molar-refractivity contribution in [3.8, 4) is 0 Å². The number of hydrogen-bond acceptors (Lipinski definition) is 1. The van der Waals surface area contributed by atoms with Gasteiger partial charge in [0, 0.05) is 6.92 Å². The van der Waals surface area contributed by atoms with Gasteiger partial charge in [0.15, 0.2) is 0 Å². The van der Waals surface area contributed by atoms with Gasteiger partial charge in [0.1, 0.15) is 5.71 Å². The Morgan fingerprint density at radius 3 is 2.73 bits per heavy atom. The van der Waals surface area contributed by atoms with Crippen LogP contribution in [0, 0.1) is 0 Å². The molecule has 0 aromatic rings. The highest BCUT2D eigenvalue weighted by Gasteiger charge is 1.94. The second-order valence-electron chi connectivity index (χ2n) is 3.30. The maximum absolute atomic E-state index is 4.30. The Morgan fingerprint density at radius 2 is 2.00 bits per heavy atom. The summed E-state index contributed by atoms with van der Waals surface area (Å²) >= 11 is 0. The summed E-state index contributed by atoms with van der Waals surface area (Å²) in [5.74, 6) is 0. The fraction of sp³-hybridized carbons (Fsp3) is 0.538. The third-order valence-electron chi connectivity index (χ3n) is 1.92. The molecule has 1 rings (SSSR count). The molecule has 15 heavy (non-hydrogen) atoms. The van der Waals surface area contributed by atoms with Crippen LogP contribution < -0.4 is 0 Å². The standard InChI is InChI=1S/C11H17N2.C2H6/c1-11-8-6-4-3-5-7-9-13(2)10-12-11;1-2/h3-4,6,8,10H,5,7,9H2,1-2H3;1-2H3/q+1;/b4-3-,8-6-;. The van der Waals surface area contributed by atoms with Gasteiger partial charge in [-0.25, -0.2) is 0 Å². The van der Waals surface area contributed by atoms with Gasteiger partial charge < -0.3 is 0 Å². The molecule has 0 N–H and O–H groups in total.